The van der Waals surface area contributed by atoms with Crippen molar-refractivity contribution in [2.75, 3.05) is 26.2 Å². The molecule has 0 spiro atoms. The Morgan fingerprint density at radius 1 is 1.35 bits per heavy atom. The van der Waals surface area contributed by atoms with E-state index in [0.29, 0.717) is 24.0 Å². The standard InChI is InChI=1S/C12H23N3OS/c1-3-14(4-2)12(16)9-15(10-5-6-10)8-7-11(13)17/h10H,3-9H2,1-2H3,(H2,13,17). The van der Waals surface area contributed by atoms with E-state index in [2.05, 4.69) is 4.90 Å². The highest BCUT2D eigenvalue weighted by Crippen LogP contribution is 2.26. The van der Waals surface area contributed by atoms with Crippen LogP contribution in [0.2, 0.25) is 0 Å². The summed E-state index contributed by atoms with van der Waals surface area (Å²) in [4.78, 5) is 16.6. The van der Waals surface area contributed by atoms with Gasteiger partial charge in [0.25, 0.3) is 0 Å². The molecule has 0 radical (unpaired) electrons. The van der Waals surface area contributed by atoms with E-state index in [4.69, 9.17) is 18.0 Å². The average Bonchev–Trinajstić information content (AvgIpc) is 3.09. The molecule has 0 aliphatic heterocycles. The van der Waals surface area contributed by atoms with Gasteiger partial charge in [0.1, 0.15) is 0 Å². The van der Waals surface area contributed by atoms with Crippen LogP contribution in [0.1, 0.15) is 33.1 Å². The molecular formula is C12H23N3OS. The summed E-state index contributed by atoms with van der Waals surface area (Å²) in [5, 5.41) is 0. The van der Waals surface area contributed by atoms with Crippen molar-refractivity contribution < 1.29 is 4.79 Å². The highest BCUT2D eigenvalue weighted by Gasteiger charge is 2.30. The van der Waals surface area contributed by atoms with Gasteiger partial charge in [-0.2, -0.15) is 0 Å². The summed E-state index contributed by atoms with van der Waals surface area (Å²) in [5.74, 6) is 0.213. The minimum absolute atomic E-state index is 0.213. The van der Waals surface area contributed by atoms with E-state index in [-0.39, 0.29) is 5.91 Å². The Bertz CT molecular complexity index is 275. The molecule has 17 heavy (non-hydrogen) atoms. The molecule has 0 aromatic rings. The van der Waals surface area contributed by atoms with Crippen molar-refractivity contribution in [3.8, 4) is 0 Å². The summed E-state index contributed by atoms with van der Waals surface area (Å²) in [6.45, 7) is 6.91. The van der Waals surface area contributed by atoms with Crippen LogP contribution in [0.15, 0.2) is 0 Å². The minimum Gasteiger partial charge on any atom is -0.393 e. The maximum absolute atomic E-state index is 12.0. The number of thiocarbonyl (C=S) groups is 1. The zero-order chi connectivity index (χ0) is 12.8. The normalized spacial score (nSPS) is 15.0. The molecule has 0 aromatic carbocycles. The van der Waals surface area contributed by atoms with Crippen molar-refractivity contribution in [1.82, 2.24) is 9.80 Å². The second-order valence-corrected chi connectivity index (χ2v) is 5.01. The molecule has 1 fully saturated rings. The highest BCUT2D eigenvalue weighted by atomic mass is 32.1. The van der Waals surface area contributed by atoms with Crippen LogP contribution in [0.3, 0.4) is 0 Å². The van der Waals surface area contributed by atoms with Crippen molar-refractivity contribution in [3.05, 3.63) is 0 Å². The van der Waals surface area contributed by atoms with Gasteiger partial charge in [0.05, 0.1) is 11.5 Å². The number of nitrogens with two attached hydrogens (primary N) is 1. The van der Waals surface area contributed by atoms with Crippen molar-refractivity contribution in [2.45, 2.75) is 39.2 Å². The molecule has 1 aliphatic rings. The Morgan fingerprint density at radius 2 is 1.94 bits per heavy atom. The minimum atomic E-state index is 0.213. The monoisotopic (exact) mass is 257 g/mol. The quantitative estimate of drug-likeness (QED) is 0.659. The Balaban J connectivity index is 2.42. The van der Waals surface area contributed by atoms with Gasteiger partial charge in [-0.05, 0) is 26.7 Å². The molecule has 0 unspecified atom stereocenters. The van der Waals surface area contributed by atoms with Gasteiger partial charge in [0, 0.05) is 32.1 Å². The summed E-state index contributed by atoms with van der Waals surface area (Å²) in [5.41, 5.74) is 5.51. The molecule has 1 aliphatic carbocycles. The van der Waals surface area contributed by atoms with E-state index in [1.807, 2.05) is 18.7 Å². The highest BCUT2D eigenvalue weighted by molar-refractivity contribution is 7.80. The summed E-state index contributed by atoms with van der Waals surface area (Å²) < 4.78 is 0. The molecule has 5 heteroatoms. The molecule has 4 nitrogen and oxygen atoms in total. The molecule has 0 saturated heterocycles. The smallest absolute Gasteiger partial charge is 0.236 e. The lowest BCUT2D eigenvalue weighted by molar-refractivity contribution is -0.132. The summed E-state index contributed by atoms with van der Waals surface area (Å²) in [7, 11) is 0. The van der Waals surface area contributed by atoms with Gasteiger partial charge in [-0.1, -0.05) is 12.2 Å². The number of carbonyl (C=O) groups excluding carboxylic acids is 1. The van der Waals surface area contributed by atoms with Crippen molar-refractivity contribution in [1.29, 1.82) is 0 Å². The van der Waals surface area contributed by atoms with Crippen LogP contribution in [-0.4, -0.2) is 52.9 Å². The number of carbonyl (C=O) groups is 1. The lowest BCUT2D eigenvalue weighted by Gasteiger charge is -2.25. The largest absolute Gasteiger partial charge is 0.393 e. The maximum Gasteiger partial charge on any atom is 0.236 e. The van der Waals surface area contributed by atoms with E-state index in [1.54, 1.807) is 0 Å². The van der Waals surface area contributed by atoms with Gasteiger partial charge >= 0.3 is 0 Å². The van der Waals surface area contributed by atoms with E-state index >= 15 is 0 Å². The van der Waals surface area contributed by atoms with E-state index in [9.17, 15) is 4.79 Å². The molecule has 1 saturated carbocycles. The zero-order valence-corrected chi connectivity index (χ0v) is 11.6. The summed E-state index contributed by atoms with van der Waals surface area (Å²) in [6, 6.07) is 0.573. The van der Waals surface area contributed by atoms with Crippen molar-refractivity contribution in [3.63, 3.8) is 0 Å². The van der Waals surface area contributed by atoms with Crippen LogP contribution in [0.5, 0.6) is 0 Å². The van der Waals surface area contributed by atoms with Gasteiger partial charge < -0.3 is 10.6 Å². The maximum atomic E-state index is 12.0. The fraction of sp³-hybridized carbons (Fsp3) is 0.833. The zero-order valence-electron chi connectivity index (χ0n) is 10.8. The molecular weight excluding hydrogens is 234 g/mol. The number of rotatable bonds is 8. The third-order valence-corrected chi connectivity index (χ3v) is 3.37. The van der Waals surface area contributed by atoms with Gasteiger partial charge in [0.2, 0.25) is 5.91 Å². The number of amides is 1. The molecule has 1 rings (SSSR count). The van der Waals surface area contributed by atoms with Gasteiger partial charge in [0.15, 0.2) is 0 Å². The number of hydrogen-bond acceptors (Lipinski definition) is 3. The van der Waals surface area contributed by atoms with Gasteiger partial charge in [-0.25, -0.2) is 0 Å². The molecule has 0 bridgehead atoms. The molecule has 2 N–H and O–H groups in total. The van der Waals surface area contributed by atoms with Crippen molar-refractivity contribution in [2.24, 2.45) is 5.73 Å². The first-order chi connectivity index (χ1) is 8.08. The lowest BCUT2D eigenvalue weighted by atomic mass is 10.3. The van der Waals surface area contributed by atoms with Crippen LogP contribution in [0.4, 0.5) is 0 Å². The van der Waals surface area contributed by atoms with Crippen molar-refractivity contribution >= 4 is 23.1 Å². The first-order valence-corrected chi connectivity index (χ1v) is 6.79. The Labute approximate surface area is 109 Å². The van der Waals surface area contributed by atoms with Crippen LogP contribution in [0.25, 0.3) is 0 Å². The van der Waals surface area contributed by atoms with Crippen LogP contribution >= 0.6 is 12.2 Å². The van der Waals surface area contributed by atoms with Gasteiger partial charge in [-0.15, -0.1) is 0 Å². The molecule has 0 atom stereocenters. The third-order valence-electron chi connectivity index (χ3n) is 3.16. The predicted molar refractivity (Wildman–Crippen MR) is 73.9 cm³/mol. The lowest BCUT2D eigenvalue weighted by Crippen LogP contribution is -2.42. The summed E-state index contributed by atoms with van der Waals surface area (Å²) in [6.07, 6.45) is 3.10. The number of nitrogens with zero attached hydrogens (tertiary/aromatic N) is 2. The number of hydrogen-bond donors (Lipinski definition) is 1. The van der Waals surface area contributed by atoms with E-state index < -0.39 is 0 Å². The predicted octanol–water partition coefficient (Wildman–Crippen LogP) is 0.995. The molecule has 98 valence electrons. The molecule has 0 heterocycles. The first-order valence-electron chi connectivity index (χ1n) is 6.38. The van der Waals surface area contributed by atoms with E-state index in [0.717, 1.165) is 19.6 Å². The number of likely N-dealkylation sites (N-methyl/N-ethyl adjacent to an activating group) is 1. The third kappa shape index (κ3) is 5.00. The molecule has 1 amide bonds. The fourth-order valence-electron chi connectivity index (χ4n) is 1.93. The van der Waals surface area contributed by atoms with Crippen LogP contribution in [0, 0.1) is 0 Å². The Hall–Kier alpha value is -0.680. The average molecular weight is 257 g/mol. The van der Waals surface area contributed by atoms with Crippen LogP contribution in [-0.2, 0) is 4.79 Å². The van der Waals surface area contributed by atoms with Crippen LogP contribution < -0.4 is 5.73 Å². The van der Waals surface area contributed by atoms with E-state index in [1.165, 1.54) is 12.8 Å². The topological polar surface area (TPSA) is 49.6 Å². The Morgan fingerprint density at radius 3 is 2.35 bits per heavy atom. The second-order valence-electron chi connectivity index (χ2n) is 4.48. The Kier molecular flexibility index (Phi) is 5.85. The van der Waals surface area contributed by atoms with Gasteiger partial charge in [-0.3, -0.25) is 9.69 Å². The SMILES string of the molecule is CCN(CC)C(=O)CN(CCC(N)=S)C1CC1. The second kappa shape index (κ2) is 6.91. The molecule has 0 aromatic heterocycles. The first kappa shape index (κ1) is 14.4. The fourth-order valence-corrected chi connectivity index (χ4v) is 2.03. The summed E-state index contributed by atoms with van der Waals surface area (Å²) >= 11 is 4.89.